The van der Waals surface area contributed by atoms with E-state index in [4.69, 9.17) is 32.7 Å². The quantitative estimate of drug-likeness (QED) is 0.549. The van der Waals surface area contributed by atoms with Crippen molar-refractivity contribution in [3.05, 3.63) is 57.6 Å². The molecule has 1 heterocycles. The van der Waals surface area contributed by atoms with Crippen LogP contribution in [0.3, 0.4) is 0 Å². The predicted molar refractivity (Wildman–Crippen MR) is 116 cm³/mol. The van der Waals surface area contributed by atoms with Crippen molar-refractivity contribution in [1.82, 2.24) is 10.2 Å². The highest BCUT2D eigenvalue weighted by atomic mass is 35.5. The van der Waals surface area contributed by atoms with Crippen molar-refractivity contribution in [3.63, 3.8) is 0 Å². The normalized spacial score (nSPS) is 13.8. The minimum absolute atomic E-state index is 0.274. The third-order valence-electron chi connectivity index (χ3n) is 4.87. The third kappa shape index (κ3) is 6.26. The van der Waals surface area contributed by atoms with E-state index in [-0.39, 0.29) is 5.91 Å². The smallest absolute Gasteiger partial charge is 0.222 e. The fraction of sp³-hybridized carbons (Fsp3) is 0.409. The van der Waals surface area contributed by atoms with Gasteiger partial charge in [0.1, 0.15) is 6.61 Å². The minimum atomic E-state index is 0.274. The Hall–Kier alpha value is -1.95. The molecule has 0 spiro atoms. The third-order valence-corrected chi connectivity index (χ3v) is 5.40. The van der Waals surface area contributed by atoms with Crippen LogP contribution in [0.25, 0.3) is 0 Å². The number of halogens is 2. The van der Waals surface area contributed by atoms with Gasteiger partial charge in [0.25, 0.3) is 0 Å². The summed E-state index contributed by atoms with van der Waals surface area (Å²) in [5, 5.41) is 4.60. The molecule has 1 fully saturated rings. The molecule has 1 amide bonds. The summed E-state index contributed by atoms with van der Waals surface area (Å²) in [5.41, 5.74) is 2.01. The van der Waals surface area contributed by atoms with Crippen LogP contribution < -0.4 is 14.8 Å². The molecule has 0 bridgehead atoms. The van der Waals surface area contributed by atoms with Crippen molar-refractivity contribution in [3.8, 4) is 11.5 Å². The molecule has 29 heavy (non-hydrogen) atoms. The lowest BCUT2D eigenvalue weighted by Crippen LogP contribution is -2.28. The molecule has 156 valence electrons. The Morgan fingerprint density at radius 2 is 1.93 bits per heavy atom. The number of nitrogens with zero attached hydrogens (tertiary/aromatic N) is 1. The average Bonchev–Trinajstić information content (AvgIpc) is 3.12. The van der Waals surface area contributed by atoms with E-state index in [0.717, 1.165) is 43.6 Å². The molecule has 3 rings (SSSR count). The summed E-state index contributed by atoms with van der Waals surface area (Å²) in [4.78, 5) is 13.6. The van der Waals surface area contributed by atoms with E-state index in [2.05, 4.69) is 5.32 Å². The molecule has 2 aromatic carbocycles. The van der Waals surface area contributed by atoms with E-state index in [0.29, 0.717) is 41.1 Å². The van der Waals surface area contributed by atoms with Crippen molar-refractivity contribution in [2.24, 2.45) is 0 Å². The molecule has 0 atom stereocenters. The van der Waals surface area contributed by atoms with Crippen LogP contribution in [0.1, 0.15) is 30.4 Å². The van der Waals surface area contributed by atoms with Crippen LogP contribution in [0.5, 0.6) is 11.5 Å². The second kappa shape index (κ2) is 10.7. The number of rotatable bonds is 10. The number of hydrogen-bond acceptors (Lipinski definition) is 4. The first kappa shape index (κ1) is 21.8. The highest BCUT2D eigenvalue weighted by Gasteiger charge is 2.19. The lowest BCUT2D eigenvalue weighted by atomic mass is 10.2. The van der Waals surface area contributed by atoms with Crippen LogP contribution in [-0.4, -0.2) is 37.6 Å². The summed E-state index contributed by atoms with van der Waals surface area (Å²) in [7, 11) is 1.60. The van der Waals surface area contributed by atoms with E-state index < -0.39 is 0 Å². The van der Waals surface area contributed by atoms with Gasteiger partial charge in [-0.15, -0.1) is 0 Å². The molecule has 1 aliphatic rings. The molecule has 0 unspecified atom stereocenters. The largest absolute Gasteiger partial charge is 0.493 e. The maximum Gasteiger partial charge on any atom is 0.222 e. The van der Waals surface area contributed by atoms with Crippen molar-refractivity contribution in [2.45, 2.75) is 32.4 Å². The SMILES string of the molecule is COc1cc(CNCCCN2CCCC2=O)cc(Cl)c1OCc1ccc(Cl)cc1. The molecule has 0 aromatic heterocycles. The Labute approximate surface area is 181 Å². The molecule has 1 saturated heterocycles. The molecule has 0 radical (unpaired) electrons. The van der Waals surface area contributed by atoms with Gasteiger partial charge in [0.15, 0.2) is 11.5 Å². The van der Waals surface area contributed by atoms with Gasteiger partial charge in [-0.1, -0.05) is 35.3 Å². The minimum Gasteiger partial charge on any atom is -0.493 e. The Morgan fingerprint density at radius 1 is 1.14 bits per heavy atom. The van der Waals surface area contributed by atoms with Crippen molar-refractivity contribution in [2.75, 3.05) is 26.7 Å². The van der Waals surface area contributed by atoms with Crippen LogP contribution >= 0.6 is 23.2 Å². The van der Waals surface area contributed by atoms with Gasteiger partial charge in [-0.25, -0.2) is 0 Å². The van der Waals surface area contributed by atoms with Crippen molar-refractivity contribution in [1.29, 1.82) is 0 Å². The van der Waals surface area contributed by atoms with Gasteiger partial charge >= 0.3 is 0 Å². The van der Waals surface area contributed by atoms with Gasteiger partial charge in [-0.2, -0.15) is 0 Å². The van der Waals surface area contributed by atoms with Crippen LogP contribution in [0.4, 0.5) is 0 Å². The molecule has 1 N–H and O–H groups in total. The molecule has 5 nitrogen and oxygen atoms in total. The number of nitrogens with one attached hydrogen (secondary N) is 1. The Balaban J connectivity index is 1.50. The maximum absolute atomic E-state index is 11.6. The van der Waals surface area contributed by atoms with Crippen LogP contribution in [0.15, 0.2) is 36.4 Å². The van der Waals surface area contributed by atoms with Gasteiger partial charge in [-0.3, -0.25) is 4.79 Å². The van der Waals surface area contributed by atoms with Gasteiger partial charge < -0.3 is 19.7 Å². The molecule has 7 heteroatoms. The van der Waals surface area contributed by atoms with E-state index >= 15 is 0 Å². The lowest BCUT2D eigenvalue weighted by molar-refractivity contribution is -0.127. The highest BCUT2D eigenvalue weighted by molar-refractivity contribution is 6.32. The van der Waals surface area contributed by atoms with Crippen molar-refractivity contribution >= 4 is 29.1 Å². The molecule has 2 aromatic rings. The topological polar surface area (TPSA) is 50.8 Å². The molecule has 0 saturated carbocycles. The monoisotopic (exact) mass is 436 g/mol. The number of carbonyl (C=O) groups is 1. The number of methoxy groups -OCH3 is 1. The predicted octanol–water partition coefficient (Wildman–Crippen LogP) is 4.68. The Morgan fingerprint density at radius 3 is 2.62 bits per heavy atom. The first-order chi connectivity index (χ1) is 14.1. The van der Waals surface area contributed by atoms with E-state index in [1.807, 2.05) is 41.3 Å². The molecule has 0 aliphatic carbocycles. The van der Waals surface area contributed by atoms with Gasteiger partial charge in [-0.05, 0) is 54.8 Å². The Kier molecular flexibility index (Phi) is 8.04. The first-order valence-electron chi connectivity index (χ1n) is 9.79. The number of amides is 1. The zero-order valence-corrected chi connectivity index (χ0v) is 18.1. The summed E-state index contributed by atoms with van der Waals surface area (Å²) in [5.74, 6) is 1.40. The standard InChI is InChI=1S/C22H26Cl2N2O3/c1-28-20-13-17(14-25-9-3-11-26-10-2-4-21(26)27)12-19(24)22(20)29-15-16-5-7-18(23)8-6-16/h5-8,12-13,25H,2-4,9-11,14-15H2,1H3. The van der Waals surface area contributed by atoms with E-state index in [1.54, 1.807) is 7.11 Å². The molecular weight excluding hydrogens is 411 g/mol. The second-order valence-electron chi connectivity index (χ2n) is 7.04. The summed E-state index contributed by atoms with van der Waals surface area (Å²) in [6, 6.07) is 11.3. The summed E-state index contributed by atoms with van der Waals surface area (Å²) in [6.07, 6.45) is 2.61. The maximum atomic E-state index is 11.6. The highest BCUT2D eigenvalue weighted by Crippen LogP contribution is 2.37. The zero-order valence-electron chi connectivity index (χ0n) is 16.5. The van der Waals surface area contributed by atoms with Crippen molar-refractivity contribution < 1.29 is 14.3 Å². The number of hydrogen-bond donors (Lipinski definition) is 1. The number of likely N-dealkylation sites (tertiary alicyclic amines) is 1. The number of benzene rings is 2. The molecule has 1 aliphatic heterocycles. The van der Waals surface area contributed by atoms with Crippen LogP contribution in [0, 0.1) is 0 Å². The van der Waals surface area contributed by atoms with Crippen LogP contribution in [-0.2, 0) is 17.9 Å². The first-order valence-corrected chi connectivity index (χ1v) is 10.5. The average molecular weight is 437 g/mol. The van der Waals surface area contributed by atoms with E-state index in [1.165, 1.54) is 0 Å². The van der Waals surface area contributed by atoms with Gasteiger partial charge in [0, 0.05) is 31.1 Å². The summed E-state index contributed by atoms with van der Waals surface area (Å²) in [6.45, 7) is 3.58. The number of carbonyl (C=O) groups excluding carboxylic acids is 1. The Bertz CT molecular complexity index is 828. The summed E-state index contributed by atoms with van der Waals surface area (Å²) < 4.78 is 11.4. The second-order valence-corrected chi connectivity index (χ2v) is 7.88. The zero-order chi connectivity index (χ0) is 20.6. The fourth-order valence-electron chi connectivity index (χ4n) is 3.32. The molecular formula is C22H26Cl2N2O3. The van der Waals surface area contributed by atoms with Gasteiger partial charge in [0.05, 0.1) is 12.1 Å². The lowest BCUT2D eigenvalue weighted by Gasteiger charge is -2.16. The summed E-state index contributed by atoms with van der Waals surface area (Å²) >= 11 is 12.4. The number of ether oxygens (including phenoxy) is 2. The fourth-order valence-corrected chi connectivity index (χ4v) is 3.73. The van der Waals surface area contributed by atoms with Gasteiger partial charge in [0.2, 0.25) is 5.91 Å². The van der Waals surface area contributed by atoms with E-state index in [9.17, 15) is 4.79 Å². The van der Waals surface area contributed by atoms with Crippen LogP contribution in [0.2, 0.25) is 10.0 Å².